The molecule has 9 heteroatoms. The zero-order valence-corrected chi connectivity index (χ0v) is 24.1. The zero-order valence-electron chi connectivity index (χ0n) is 23.3. The lowest BCUT2D eigenvalue weighted by molar-refractivity contribution is -0.115. The first-order valence-electron chi connectivity index (χ1n) is 12.4. The maximum absolute atomic E-state index is 12.1. The topological polar surface area (TPSA) is 61.9 Å². The van der Waals surface area contributed by atoms with E-state index in [1.54, 1.807) is 12.3 Å². The molecule has 2 rings (SSSR count). The second-order valence-electron chi connectivity index (χ2n) is 10.2. The van der Waals surface area contributed by atoms with Gasteiger partial charge in [0.05, 0.1) is 5.02 Å². The summed E-state index contributed by atoms with van der Waals surface area (Å²) in [5, 5.41) is 9.74. The molecule has 0 atom stereocenters. The van der Waals surface area contributed by atoms with Gasteiger partial charge in [-0.15, -0.1) is 0 Å². The molecule has 0 unspecified atom stereocenters. The molecule has 0 aliphatic heterocycles. The average Bonchev–Trinajstić information content (AvgIpc) is 2.75. The summed E-state index contributed by atoms with van der Waals surface area (Å²) in [5.74, 6) is 0.255. The van der Waals surface area contributed by atoms with Crippen LogP contribution in [0, 0.1) is 6.92 Å². The summed E-state index contributed by atoms with van der Waals surface area (Å²) in [6, 6.07) is 7.04. The molecule has 0 aliphatic rings. The molecule has 0 aliphatic carbocycles. The van der Waals surface area contributed by atoms with E-state index < -0.39 is 12.7 Å². The van der Waals surface area contributed by atoms with Crippen LogP contribution < -0.4 is 16.0 Å². The Morgan fingerprint density at radius 2 is 1.44 bits per heavy atom. The molecule has 0 amide bonds. The Hall–Kier alpha value is -1.90. The second kappa shape index (κ2) is 16.0. The predicted octanol–water partition coefficient (Wildman–Crippen LogP) is 6.99. The van der Waals surface area contributed by atoms with E-state index in [0.717, 1.165) is 30.9 Å². The summed E-state index contributed by atoms with van der Waals surface area (Å²) in [5.41, 5.74) is 3.24. The molecule has 0 aromatic carbocycles. The third-order valence-corrected chi connectivity index (χ3v) is 4.73. The first kappa shape index (κ1) is 34.1. The standard InChI is InChI=1S/C13H20F3N3.C12H19ClN2.C2H6/c1-12(2,3)18-8-7-10-5-4-6-11(19-10)17-9-13(14,15)16;1-9-10(7-11(13)8-14-9)5-6-15-12(2,3)4;1-2/h4-6,18H,7-9H2,1-3H3,(H,17,19);7-8,15H,5-6H2,1-4H3;1-2H3. The molecule has 5 nitrogen and oxygen atoms in total. The number of nitrogens with one attached hydrogen (secondary N) is 3. The quantitative estimate of drug-likeness (QED) is 0.343. The maximum Gasteiger partial charge on any atom is 0.405 e. The molecule has 0 bridgehead atoms. The van der Waals surface area contributed by atoms with Gasteiger partial charge in [-0.2, -0.15) is 13.2 Å². The van der Waals surface area contributed by atoms with Gasteiger partial charge in [-0.05, 0) is 85.2 Å². The fourth-order valence-corrected chi connectivity index (χ4v) is 3.03. The number of pyridine rings is 2. The van der Waals surface area contributed by atoms with Crippen LogP contribution in [-0.2, 0) is 12.8 Å². The first-order chi connectivity index (χ1) is 16.5. The lowest BCUT2D eigenvalue weighted by Gasteiger charge is -2.20. The van der Waals surface area contributed by atoms with Crippen molar-refractivity contribution >= 4 is 17.4 Å². The van der Waals surface area contributed by atoms with E-state index >= 15 is 0 Å². The third kappa shape index (κ3) is 18.4. The van der Waals surface area contributed by atoms with Crippen LogP contribution in [0.4, 0.5) is 19.0 Å². The van der Waals surface area contributed by atoms with Crippen molar-refractivity contribution in [3.05, 3.63) is 52.4 Å². The fraction of sp³-hybridized carbons (Fsp3) is 0.630. The largest absolute Gasteiger partial charge is 0.405 e. The molecule has 0 radical (unpaired) electrons. The van der Waals surface area contributed by atoms with Crippen molar-refractivity contribution in [2.45, 2.75) is 92.4 Å². The lowest BCUT2D eigenvalue weighted by Crippen LogP contribution is -2.37. The van der Waals surface area contributed by atoms with Crippen LogP contribution in [0.3, 0.4) is 0 Å². The Balaban J connectivity index is 0.000000651. The van der Waals surface area contributed by atoms with Crippen LogP contribution in [0.2, 0.25) is 5.02 Å². The molecule has 0 spiro atoms. The van der Waals surface area contributed by atoms with Crippen LogP contribution in [-0.4, -0.2) is 46.9 Å². The van der Waals surface area contributed by atoms with Gasteiger partial charge in [0.15, 0.2) is 0 Å². The lowest BCUT2D eigenvalue weighted by atomic mass is 10.1. The molecule has 0 saturated carbocycles. The maximum atomic E-state index is 12.1. The van der Waals surface area contributed by atoms with Crippen molar-refractivity contribution in [3.63, 3.8) is 0 Å². The number of nitrogens with zero attached hydrogens (tertiary/aromatic N) is 2. The Kier molecular flexibility index (Phi) is 15.2. The highest BCUT2D eigenvalue weighted by Gasteiger charge is 2.26. The number of rotatable bonds is 8. The molecule has 206 valence electrons. The van der Waals surface area contributed by atoms with Gasteiger partial charge >= 0.3 is 6.18 Å². The van der Waals surface area contributed by atoms with Gasteiger partial charge in [-0.1, -0.05) is 31.5 Å². The van der Waals surface area contributed by atoms with Gasteiger partial charge in [0.2, 0.25) is 0 Å². The number of halogens is 4. The summed E-state index contributed by atoms with van der Waals surface area (Å²) < 4.78 is 36.2. The van der Waals surface area contributed by atoms with E-state index in [1.807, 2.05) is 32.9 Å². The van der Waals surface area contributed by atoms with Gasteiger partial charge in [0, 0.05) is 41.6 Å². The molecule has 36 heavy (non-hydrogen) atoms. The first-order valence-corrected chi connectivity index (χ1v) is 12.8. The van der Waals surface area contributed by atoms with Crippen molar-refractivity contribution in [2.24, 2.45) is 0 Å². The molecule has 2 aromatic rings. The van der Waals surface area contributed by atoms with Crippen LogP contribution in [0.25, 0.3) is 0 Å². The van der Waals surface area contributed by atoms with Crippen molar-refractivity contribution < 1.29 is 13.2 Å². The highest BCUT2D eigenvalue weighted by Crippen LogP contribution is 2.16. The number of hydrogen-bond acceptors (Lipinski definition) is 5. The minimum Gasteiger partial charge on any atom is -0.361 e. The van der Waals surface area contributed by atoms with Crippen molar-refractivity contribution in [1.29, 1.82) is 0 Å². The van der Waals surface area contributed by atoms with Gasteiger partial charge in [-0.3, -0.25) is 4.98 Å². The normalized spacial score (nSPS) is 11.7. The van der Waals surface area contributed by atoms with Gasteiger partial charge in [0.25, 0.3) is 0 Å². The van der Waals surface area contributed by atoms with E-state index in [0.29, 0.717) is 11.4 Å². The van der Waals surface area contributed by atoms with Gasteiger partial charge in [0.1, 0.15) is 12.4 Å². The van der Waals surface area contributed by atoms with Gasteiger partial charge < -0.3 is 16.0 Å². The predicted molar refractivity (Wildman–Crippen MR) is 147 cm³/mol. The Labute approximate surface area is 221 Å². The highest BCUT2D eigenvalue weighted by atomic mass is 35.5. The molecule has 0 fully saturated rings. The van der Waals surface area contributed by atoms with Crippen LogP contribution in [0.15, 0.2) is 30.5 Å². The summed E-state index contributed by atoms with van der Waals surface area (Å²) in [6.45, 7) is 19.3. The monoisotopic (exact) mass is 531 g/mol. The summed E-state index contributed by atoms with van der Waals surface area (Å²) in [4.78, 5) is 8.38. The molecule has 3 N–H and O–H groups in total. The highest BCUT2D eigenvalue weighted by molar-refractivity contribution is 6.30. The van der Waals surface area contributed by atoms with Crippen molar-refractivity contribution in [1.82, 2.24) is 20.6 Å². The molecular formula is C27H45ClF3N5. The second-order valence-corrected chi connectivity index (χ2v) is 10.7. The van der Waals surface area contributed by atoms with E-state index in [9.17, 15) is 13.2 Å². The number of aromatic nitrogens is 2. The fourth-order valence-electron chi connectivity index (χ4n) is 2.85. The molecular weight excluding hydrogens is 487 g/mol. The SMILES string of the molecule is CC.CC(C)(C)NCCc1cccc(NCC(F)(F)F)n1.Cc1ncc(Cl)cc1CCNC(C)(C)C. The summed E-state index contributed by atoms with van der Waals surface area (Å²) in [6.07, 6.45) is -0.890. The minimum atomic E-state index is -4.23. The van der Waals surface area contributed by atoms with Gasteiger partial charge in [-0.25, -0.2) is 4.98 Å². The molecule has 0 saturated heterocycles. The Morgan fingerprint density at radius 3 is 1.97 bits per heavy atom. The number of aryl methyl sites for hydroxylation is 1. The van der Waals surface area contributed by atoms with E-state index in [-0.39, 0.29) is 16.9 Å². The Bertz CT molecular complexity index is 875. The smallest absolute Gasteiger partial charge is 0.361 e. The summed E-state index contributed by atoms with van der Waals surface area (Å²) >= 11 is 5.90. The number of alkyl halides is 3. The van der Waals surface area contributed by atoms with Crippen molar-refractivity contribution in [2.75, 3.05) is 25.0 Å². The van der Waals surface area contributed by atoms with Crippen LogP contribution >= 0.6 is 11.6 Å². The molecule has 2 aromatic heterocycles. The number of hydrogen-bond donors (Lipinski definition) is 3. The van der Waals surface area contributed by atoms with E-state index in [4.69, 9.17) is 11.6 Å². The Morgan fingerprint density at radius 1 is 0.889 bits per heavy atom. The van der Waals surface area contributed by atoms with Crippen LogP contribution in [0.1, 0.15) is 72.3 Å². The zero-order chi connectivity index (χ0) is 28.0. The summed E-state index contributed by atoms with van der Waals surface area (Å²) in [7, 11) is 0. The van der Waals surface area contributed by atoms with E-state index in [2.05, 4.69) is 67.5 Å². The average molecular weight is 532 g/mol. The minimum absolute atomic E-state index is 0.0200. The molecule has 2 heterocycles. The van der Waals surface area contributed by atoms with E-state index in [1.165, 1.54) is 11.6 Å². The number of anilines is 1. The third-order valence-electron chi connectivity index (χ3n) is 4.52. The van der Waals surface area contributed by atoms with Crippen molar-refractivity contribution in [3.8, 4) is 0 Å². The van der Waals surface area contributed by atoms with Crippen LogP contribution in [0.5, 0.6) is 0 Å².